The highest BCUT2D eigenvalue weighted by Crippen LogP contribution is 2.06. The predicted molar refractivity (Wildman–Crippen MR) is 75.9 cm³/mol. The summed E-state index contributed by atoms with van der Waals surface area (Å²) in [6, 6.07) is 2.02. The van der Waals surface area contributed by atoms with Crippen molar-refractivity contribution < 1.29 is 9.26 Å². The third-order valence-corrected chi connectivity index (χ3v) is 2.71. The second kappa shape index (κ2) is 9.07. The quantitative estimate of drug-likeness (QED) is 0.657. The van der Waals surface area contributed by atoms with E-state index in [1.165, 1.54) is 0 Å². The predicted octanol–water partition coefficient (Wildman–Crippen LogP) is 1.89. The number of hydrogen-bond donors (Lipinski definition) is 1. The Morgan fingerprint density at radius 1 is 1.47 bits per heavy atom. The van der Waals surface area contributed by atoms with Crippen molar-refractivity contribution >= 4 is 0 Å². The fourth-order valence-corrected chi connectivity index (χ4v) is 1.71. The van der Waals surface area contributed by atoms with E-state index in [4.69, 9.17) is 9.26 Å². The van der Waals surface area contributed by atoms with Gasteiger partial charge in [0.1, 0.15) is 0 Å². The molecule has 19 heavy (non-hydrogen) atoms. The van der Waals surface area contributed by atoms with Crippen molar-refractivity contribution in [2.45, 2.75) is 33.9 Å². The van der Waals surface area contributed by atoms with Crippen LogP contribution in [-0.4, -0.2) is 43.4 Å². The van der Waals surface area contributed by atoms with Crippen molar-refractivity contribution in [1.29, 1.82) is 0 Å². The second-order valence-electron chi connectivity index (χ2n) is 5.24. The van der Waals surface area contributed by atoms with Gasteiger partial charge in [-0.1, -0.05) is 19.0 Å². The summed E-state index contributed by atoms with van der Waals surface area (Å²) in [6.45, 7) is 11.3. The lowest BCUT2D eigenvalue weighted by Crippen LogP contribution is -2.22. The Bertz CT molecular complexity index is 339. The summed E-state index contributed by atoms with van der Waals surface area (Å²) in [5.41, 5.74) is 0.967. The molecule has 1 heterocycles. The zero-order chi connectivity index (χ0) is 14.1. The Labute approximate surface area is 116 Å². The van der Waals surface area contributed by atoms with Crippen molar-refractivity contribution in [1.82, 2.24) is 15.4 Å². The maximum absolute atomic E-state index is 5.33. The van der Waals surface area contributed by atoms with Gasteiger partial charge in [-0.15, -0.1) is 0 Å². The van der Waals surface area contributed by atoms with Crippen LogP contribution in [0, 0.1) is 5.92 Å². The van der Waals surface area contributed by atoms with Gasteiger partial charge in [-0.05, 0) is 26.4 Å². The first-order chi connectivity index (χ1) is 9.11. The van der Waals surface area contributed by atoms with Gasteiger partial charge in [0.25, 0.3) is 0 Å². The van der Waals surface area contributed by atoms with E-state index >= 15 is 0 Å². The molecule has 0 aliphatic rings. The molecule has 0 saturated heterocycles. The highest BCUT2D eigenvalue weighted by Gasteiger charge is 2.07. The zero-order valence-electron chi connectivity index (χ0n) is 12.6. The second-order valence-corrected chi connectivity index (χ2v) is 5.24. The molecule has 110 valence electrons. The Morgan fingerprint density at radius 3 is 2.95 bits per heavy atom. The molecule has 0 fully saturated rings. The maximum atomic E-state index is 5.33. The van der Waals surface area contributed by atoms with E-state index in [-0.39, 0.29) is 0 Å². The van der Waals surface area contributed by atoms with Gasteiger partial charge in [0.2, 0.25) is 0 Å². The minimum atomic E-state index is 0.649. The molecule has 0 saturated carbocycles. The van der Waals surface area contributed by atoms with Gasteiger partial charge in [0, 0.05) is 25.8 Å². The van der Waals surface area contributed by atoms with Crippen molar-refractivity contribution in [2.24, 2.45) is 5.92 Å². The van der Waals surface area contributed by atoms with Gasteiger partial charge >= 0.3 is 0 Å². The summed E-state index contributed by atoms with van der Waals surface area (Å²) in [5.74, 6) is 1.55. The minimum Gasteiger partial charge on any atom is -0.380 e. The first-order valence-electron chi connectivity index (χ1n) is 7.03. The van der Waals surface area contributed by atoms with Crippen LogP contribution in [0.1, 0.15) is 32.2 Å². The molecule has 0 unspecified atom stereocenters. The molecule has 0 aliphatic heterocycles. The summed E-state index contributed by atoms with van der Waals surface area (Å²) in [5, 5.41) is 7.42. The smallest absolute Gasteiger partial charge is 0.151 e. The van der Waals surface area contributed by atoms with Crippen molar-refractivity contribution in [3.05, 3.63) is 17.5 Å². The van der Waals surface area contributed by atoms with Crippen LogP contribution in [0.2, 0.25) is 0 Å². The van der Waals surface area contributed by atoms with E-state index < -0.39 is 0 Å². The number of nitrogens with one attached hydrogen (secondary N) is 1. The van der Waals surface area contributed by atoms with Crippen LogP contribution in [0.25, 0.3) is 0 Å². The fraction of sp³-hybridized carbons (Fsp3) is 0.786. The summed E-state index contributed by atoms with van der Waals surface area (Å²) in [6.07, 6.45) is 0. The van der Waals surface area contributed by atoms with Gasteiger partial charge in [-0.2, -0.15) is 0 Å². The molecule has 1 aromatic rings. The molecule has 1 rings (SSSR count). The molecule has 0 aliphatic carbocycles. The lowest BCUT2D eigenvalue weighted by molar-refractivity contribution is 0.117. The molecule has 5 nitrogen and oxygen atoms in total. The number of rotatable bonds is 10. The Hall–Kier alpha value is -0.910. The van der Waals surface area contributed by atoms with Crippen LogP contribution in [0.4, 0.5) is 0 Å². The fourth-order valence-electron chi connectivity index (χ4n) is 1.71. The van der Waals surface area contributed by atoms with Crippen molar-refractivity contribution in [2.75, 3.05) is 33.4 Å². The van der Waals surface area contributed by atoms with Crippen LogP contribution >= 0.6 is 0 Å². The zero-order valence-corrected chi connectivity index (χ0v) is 12.6. The number of likely N-dealkylation sites (N-methyl/N-ethyl adjacent to an activating group) is 1. The monoisotopic (exact) mass is 269 g/mol. The molecule has 1 aromatic heterocycles. The third-order valence-electron chi connectivity index (χ3n) is 2.71. The largest absolute Gasteiger partial charge is 0.380 e. The highest BCUT2D eigenvalue weighted by molar-refractivity contribution is 5.05. The van der Waals surface area contributed by atoms with Crippen LogP contribution in [0.3, 0.4) is 0 Å². The Morgan fingerprint density at radius 2 is 2.26 bits per heavy atom. The van der Waals surface area contributed by atoms with E-state index in [0.717, 1.165) is 50.8 Å². The number of aromatic nitrogens is 1. The van der Waals surface area contributed by atoms with E-state index in [1.807, 2.05) is 13.0 Å². The van der Waals surface area contributed by atoms with Gasteiger partial charge < -0.3 is 14.6 Å². The first kappa shape index (κ1) is 16.1. The SMILES string of the molecule is CCOCCN(C)Cc1cc(CNCC(C)C)no1. The van der Waals surface area contributed by atoms with E-state index in [9.17, 15) is 0 Å². The van der Waals surface area contributed by atoms with Crippen molar-refractivity contribution in [3.8, 4) is 0 Å². The highest BCUT2D eigenvalue weighted by atomic mass is 16.5. The minimum absolute atomic E-state index is 0.649. The molecular weight excluding hydrogens is 242 g/mol. The number of ether oxygens (including phenoxy) is 1. The molecule has 0 spiro atoms. The molecule has 0 atom stereocenters. The van der Waals surface area contributed by atoms with Gasteiger partial charge in [0.15, 0.2) is 5.76 Å². The average Bonchev–Trinajstić information content (AvgIpc) is 2.76. The standard InChI is InChI=1S/C14H27N3O2/c1-5-18-7-6-17(4)11-14-8-13(16-19-14)10-15-9-12(2)3/h8,12,15H,5-7,9-11H2,1-4H3. The van der Waals surface area contributed by atoms with Crippen molar-refractivity contribution in [3.63, 3.8) is 0 Å². The summed E-state index contributed by atoms with van der Waals surface area (Å²) < 4.78 is 10.7. The average molecular weight is 269 g/mol. The van der Waals surface area contributed by atoms with Crippen LogP contribution in [0.15, 0.2) is 10.6 Å². The lowest BCUT2D eigenvalue weighted by atomic mass is 10.2. The maximum Gasteiger partial charge on any atom is 0.151 e. The van der Waals surface area contributed by atoms with E-state index in [1.54, 1.807) is 0 Å². The number of hydrogen-bond acceptors (Lipinski definition) is 5. The molecule has 1 N–H and O–H groups in total. The molecule has 0 radical (unpaired) electrons. The summed E-state index contributed by atoms with van der Waals surface area (Å²) >= 11 is 0. The van der Waals surface area contributed by atoms with Gasteiger partial charge in [-0.25, -0.2) is 0 Å². The lowest BCUT2D eigenvalue weighted by Gasteiger charge is -2.13. The molecule has 0 bridgehead atoms. The van der Waals surface area contributed by atoms with Crippen LogP contribution in [0.5, 0.6) is 0 Å². The van der Waals surface area contributed by atoms with Crippen LogP contribution < -0.4 is 5.32 Å². The van der Waals surface area contributed by atoms with Gasteiger partial charge in [0.05, 0.1) is 18.8 Å². The molecule has 0 amide bonds. The van der Waals surface area contributed by atoms with Crippen LogP contribution in [-0.2, 0) is 17.8 Å². The topological polar surface area (TPSA) is 50.5 Å². The Kier molecular flexibility index (Phi) is 7.70. The van der Waals surface area contributed by atoms with E-state index in [2.05, 4.69) is 36.3 Å². The normalized spacial score (nSPS) is 11.7. The Balaban J connectivity index is 2.25. The first-order valence-corrected chi connectivity index (χ1v) is 7.03. The molecular formula is C14H27N3O2. The number of nitrogens with zero attached hydrogens (tertiary/aromatic N) is 2. The summed E-state index contributed by atoms with van der Waals surface area (Å²) in [7, 11) is 2.05. The third kappa shape index (κ3) is 7.30. The molecule has 5 heteroatoms. The van der Waals surface area contributed by atoms with E-state index in [0.29, 0.717) is 5.92 Å². The molecule has 0 aromatic carbocycles. The summed E-state index contributed by atoms with van der Waals surface area (Å²) in [4.78, 5) is 2.17. The van der Waals surface area contributed by atoms with Gasteiger partial charge in [-0.3, -0.25) is 4.90 Å².